The molecule has 1 fully saturated rings. The number of amides is 4. The highest BCUT2D eigenvalue weighted by atomic mass is 19.1. The minimum atomic E-state index is -1.73. The average Bonchev–Trinajstić information content (AvgIpc) is 2.69. The van der Waals surface area contributed by atoms with E-state index in [1.54, 1.807) is 13.0 Å². The fourth-order valence-corrected chi connectivity index (χ4v) is 2.71. The lowest BCUT2D eigenvalue weighted by atomic mass is 9.91. The van der Waals surface area contributed by atoms with Gasteiger partial charge in [-0.2, -0.15) is 0 Å². The Morgan fingerprint density at radius 3 is 2.34 bits per heavy atom. The summed E-state index contributed by atoms with van der Waals surface area (Å²) in [7, 11) is 0. The lowest BCUT2D eigenvalue weighted by molar-refractivity contribution is -0.137. The van der Waals surface area contributed by atoms with Gasteiger partial charge in [0.15, 0.2) is 5.54 Å². The average molecular weight is 402 g/mol. The first kappa shape index (κ1) is 20.2. The Balaban J connectivity index is 1.76. The van der Waals surface area contributed by atoms with Crippen LogP contribution < -0.4 is 20.7 Å². The van der Waals surface area contributed by atoms with Gasteiger partial charge in [-0.25, -0.2) is 14.2 Å². The number of imide groups is 2. The van der Waals surface area contributed by atoms with E-state index < -0.39 is 23.4 Å². The number of anilines is 1. The van der Waals surface area contributed by atoms with Gasteiger partial charge in [0.1, 0.15) is 11.6 Å². The predicted molar refractivity (Wildman–Crippen MR) is 99.9 cm³/mol. The smallest absolute Gasteiger partial charge is 0.328 e. The molecule has 1 aromatic carbocycles. The Hall–Kier alpha value is -3.53. The fourth-order valence-electron chi connectivity index (χ4n) is 2.71. The van der Waals surface area contributed by atoms with Crippen molar-refractivity contribution in [2.45, 2.75) is 18.9 Å². The Morgan fingerprint density at radius 2 is 1.76 bits per heavy atom. The number of benzene rings is 1. The number of hydrogen-bond donors (Lipinski definition) is 3. The number of carbonyl (C=O) groups is 3. The minimum absolute atomic E-state index is 0.000379. The predicted octanol–water partition coefficient (Wildman–Crippen LogP) is 1.96. The van der Waals surface area contributed by atoms with Crippen LogP contribution in [0.15, 0.2) is 42.6 Å². The number of aromatic nitrogens is 1. The van der Waals surface area contributed by atoms with Gasteiger partial charge < -0.3 is 14.8 Å². The van der Waals surface area contributed by atoms with Gasteiger partial charge in [-0.05, 0) is 37.3 Å². The number of halogens is 1. The van der Waals surface area contributed by atoms with E-state index in [-0.39, 0.29) is 24.7 Å². The number of urea groups is 1. The van der Waals surface area contributed by atoms with Crippen molar-refractivity contribution in [1.82, 2.24) is 15.6 Å². The molecule has 10 heteroatoms. The third kappa shape index (κ3) is 4.66. The first-order valence-electron chi connectivity index (χ1n) is 8.85. The van der Waals surface area contributed by atoms with Crippen molar-refractivity contribution < 1.29 is 28.2 Å². The summed E-state index contributed by atoms with van der Waals surface area (Å²) >= 11 is 0. The van der Waals surface area contributed by atoms with Gasteiger partial charge in [-0.3, -0.25) is 20.2 Å². The summed E-state index contributed by atoms with van der Waals surface area (Å²) in [6, 6.07) is 7.63. The molecule has 0 aliphatic carbocycles. The molecule has 29 heavy (non-hydrogen) atoms. The lowest BCUT2D eigenvalue weighted by Crippen LogP contribution is -2.70. The third-order valence-electron chi connectivity index (χ3n) is 4.19. The second-order valence-corrected chi connectivity index (χ2v) is 6.16. The Bertz CT molecular complexity index is 882. The van der Waals surface area contributed by atoms with Crippen LogP contribution in [0.4, 0.5) is 14.9 Å². The normalized spacial score (nSPS) is 15.4. The van der Waals surface area contributed by atoms with Gasteiger partial charge in [0.25, 0.3) is 11.8 Å². The van der Waals surface area contributed by atoms with Crippen molar-refractivity contribution in [2.75, 3.05) is 18.5 Å². The van der Waals surface area contributed by atoms with Gasteiger partial charge in [0.05, 0.1) is 11.9 Å². The maximum atomic E-state index is 13.0. The molecule has 2 heterocycles. The maximum absolute atomic E-state index is 13.0. The van der Waals surface area contributed by atoms with Crippen LogP contribution in [0.3, 0.4) is 0 Å². The van der Waals surface area contributed by atoms with Crippen LogP contribution in [0.25, 0.3) is 0 Å². The number of barbiturate groups is 1. The first-order chi connectivity index (χ1) is 13.9. The van der Waals surface area contributed by atoms with Crippen LogP contribution in [0.5, 0.6) is 11.6 Å². The Morgan fingerprint density at radius 1 is 1.07 bits per heavy atom. The standard InChI is InChI=1S/C19H19FN4O5/c1-2-28-10-9-19(16(25)22-18(27)23-17(19)26)24-13-5-8-15(21-11-13)29-14-6-3-12(20)4-7-14/h3-8,11,24H,2,9-10H2,1H3,(H2,22,23,25,26,27). The molecule has 4 amide bonds. The molecular weight excluding hydrogens is 383 g/mol. The Kier molecular flexibility index (Phi) is 6.03. The van der Waals surface area contributed by atoms with Crippen LogP contribution in [0.2, 0.25) is 0 Å². The molecule has 1 aromatic heterocycles. The van der Waals surface area contributed by atoms with Crippen molar-refractivity contribution in [3.63, 3.8) is 0 Å². The molecule has 0 unspecified atom stereocenters. The molecule has 1 saturated heterocycles. The van der Waals surface area contributed by atoms with E-state index >= 15 is 0 Å². The van der Waals surface area contributed by atoms with Crippen LogP contribution in [0.1, 0.15) is 13.3 Å². The molecule has 1 aliphatic rings. The topological polar surface area (TPSA) is 119 Å². The van der Waals surface area contributed by atoms with E-state index in [0.717, 1.165) is 0 Å². The molecule has 0 spiro atoms. The van der Waals surface area contributed by atoms with Crippen molar-refractivity contribution in [3.8, 4) is 11.6 Å². The lowest BCUT2D eigenvalue weighted by Gasteiger charge is -2.35. The number of carbonyl (C=O) groups excluding carboxylic acids is 3. The van der Waals surface area contributed by atoms with E-state index in [1.807, 2.05) is 0 Å². The fraction of sp³-hybridized carbons (Fsp3) is 0.263. The molecular formula is C19H19FN4O5. The zero-order chi connectivity index (χ0) is 20.9. The maximum Gasteiger partial charge on any atom is 0.328 e. The summed E-state index contributed by atoms with van der Waals surface area (Å²) in [5.41, 5.74) is -1.38. The van der Waals surface area contributed by atoms with Crippen LogP contribution in [-0.4, -0.2) is 41.6 Å². The number of nitrogens with zero attached hydrogens (tertiary/aromatic N) is 1. The van der Waals surface area contributed by atoms with Crippen molar-refractivity contribution in [1.29, 1.82) is 0 Å². The molecule has 9 nitrogen and oxygen atoms in total. The number of rotatable bonds is 8. The third-order valence-corrected chi connectivity index (χ3v) is 4.19. The van der Waals surface area contributed by atoms with E-state index in [2.05, 4.69) is 20.9 Å². The largest absolute Gasteiger partial charge is 0.439 e. The van der Waals surface area contributed by atoms with Crippen LogP contribution in [0, 0.1) is 5.82 Å². The van der Waals surface area contributed by atoms with Crippen molar-refractivity contribution in [3.05, 3.63) is 48.4 Å². The highest BCUT2D eigenvalue weighted by Gasteiger charge is 2.50. The number of hydrogen-bond acceptors (Lipinski definition) is 7. The monoisotopic (exact) mass is 402 g/mol. The van der Waals surface area contributed by atoms with Crippen LogP contribution >= 0.6 is 0 Å². The second kappa shape index (κ2) is 8.65. The van der Waals surface area contributed by atoms with Gasteiger partial charge in [-0.1, -0.05) is 0 Å². The minimum Gasteiger partial charge on any atom is -0.439 e. The van der Waals surface area contributed by atoms with Crippen molar-refractivity contribution in [2.24, 2.45) is 0 Å². The molecule has 2 aromatic rings. The molecule has 3 N–H and O–H groups in total. The molecule has 0 saturated carbocycles. The zero-order valence-electron chi connectivity index (χ0n) is 15.5. The highest BCUT2D eigenvalue weighted by molar-refractivity contribution is 6.24. The summed E-state index contributed by atoms with van der Waals surface area (Å²) in [5.74, 6) is -1.31. The van der Waals surface area contributed by atoms with E-state index in [4.69, 9.17) is 9.47 Å². The molecule has 1 aliphatic heterocycles. The van der Waals surface area contributed by atoms with E-state index in [0.29, 0.717) is 18.0 Å². The molecule has 0 atom stereocenters. The second-order valence-electron chi connectivity index (χ2n) is 6.16. The van der Waals surface area contributed by atoms with E-state index in [1.165, 1.54) is 36.5 Å². The zero-order valence-corrected chi connectivity index (χ0v) is 15.5. The van der Waals surface area contributed by atoms with Gasteiger partial charge in [-0.15, -0.1) is 0 Å². The summed E-state index contributed by atoms with van der Waals surface area (Å²) in [6.45, 7) is 2.32. The quantitative estimate of drug-likeness (QED) is 0.456. The molecule has 0 bridgehead atoms. The molecule has 152 valence electrons. The molecule has 3 rings (SSSR count). The number of pyridine rings is 1. The van der Waals surface area contributed by atoms with E-state index in [9.17, 15) is 18.8 Å². The van der Waals surface area contributed by atoms with Gasteiger partial charge in [0, 0.05) is 25.7 Å². The van der Waals surface area contributed by atoms with Gasteiger partial charge >= 0.3 is 6.03 Å². The highest BCUT2D eigenvalue weighted by Crippen LogP contribution is 2.25. The number of nitrogens with one attached hydrogen (secondary N) is 3. The SMILES string of the molecule is CCOCCC1(Nc2ccc(Oc3ccc(F)cc3)nc2)C(=O)NC(=O)NC1=O. The Labute approximate surface area is 165 Å². The van der Waals surface area contributed by atoms with Gasteiger partial charge in [0.2, 0.25) is 5.88 Å². The van der Waals surface area contributed by atoms with Crippen molar-refractivity contribution >= 4 is 23.5 Å². The summed E-state index contributed by atoms with van der Waals surface area (Å²) < 4.78 is 23.7. The first-order valence-corrected chi connectivity index (χ1v) is 8.85. The summed E-state index contributed by atoms with van der Waals surface area (Å²) in [6.07, 6.45) is 1.37. The van der Waals surface area contributed by atoms with Crippen LogP contribution in [-0.2, 0) is 14.3 Å². The summed E-state index contributed by atoms with van der Waals surface area (Å²) in [4.78, 5) is 40.5. The number of ether oxygens (including phenoxy) is 2. The summed E-state index contributed by atoms with van der Waals surface area (Å²) in [5, 5.41) is 7.03. The molecule has 0 radical (unpaired) electrons.